The fourth-order valence-corrected chi connectivity index (χ4v) is 1.59. The fraction of sp³-hybridized carbons (Fsp3) is 0. The zero-order chi connectivity index (χ0) is 13.8. The largest absolute Gasteiger partial charge is 0.397 e. The van der Waals surface area contributed by atoms with E-state index in [1.54, 1.807) is 18.2 Å². The monoisotopic (exact) mass is 279 g/mol. The van der Waals surface area contributed by atoms with Crippen LogP contribution in [0.2, 0.25) is 5.02 Å². The van der Waals surface area contributed by atoms with Gasteiger partial charge in [0.25, 0.3) is 0 Å². The number of hydrogen-bond donors (Lipinski definition) is 3. The lowest BCUT2D eigenvalue weighted by atomic mass is 10.3. The summed E-state index contributed by atoms with van der Waals surface area (Å²) in [7, 11) is 0. The van der Waals surface area contributed by atoms with Gasteiger partial charge in [0.1, 0.15) is 5.82 Å². The van der Waals surface area contributed by atoms with Gasteiger partial charge in [-0.05, 0) is 30.3 Å². The summed E-state index contributed by atoms with van der Waals surface area (Å²) in [5.41, 5.74) is 6.53. The van der Waals surface area contributed by atoms with Gasteiger partial charge in [0.05, 0.1) is 16.4 Å². The molecule has 6 heteroatoms. The predicted molar refractivity (Wildman–Crippen MR) is 74.9 cm³/mol. The molecule has 0 aliphatic rings. The lowest BCUT2D eigenvalue weighted by Gasteiger charge is -2.09. The van der Waals surface area contributed by atoms with E-state index in [4.69, 9.17) is 17.3 Å². The third kappa shape index (κ3) is 3.35. The van der Waals surface area contributed by atoms with Crippen LogP contribution < -0.4 is 16.4 Å². The summed E-state index contributed by atoms with van der Waals surface area (Å²) >= 11 is 5.76. The molecule has 0 atom stereocenters. The number of rotatable bonds is 2. The van der Waals surface area contributed by atoms with Gasteiger partial charge in [-0.2, -0.15) is 0 Å². The van der Waals surface area contributed by atoms with Crippen LogP contribution in [0.1, 0.15) is 0 Å². The minimum absolute atomic E-state index is 0.0990. The highest BCUT2D eigenvalue weighted by Gasteiger charge is 2.07. The van der Waals surface area contributed by atoms with Crippen molar-refractivity contribution in [1.82, 2.24) is 0 Å². The number of benzene rings is 2. The topological polar surface area (TPSA) is 67.1 Å². The zero-order valence-electron chi connectivity index (χ0n) is 9.78. The van der Waals surface area contributed by atoms with Crippen molar-refractivity contribution in [3.63, 3.8) is 0 Å². The second kappa shape index (κ2) is 5.58. The third-order valence-electron chi connectivity index (χ3n) is 2.38. The van der Waals surface area contributed by atoms with Crippen LogP contribution in [-0.2, 0) is 0 Å². The van der Waals surface area contributed by atoms with E-state index in [9.17, 15) is 9.18 Å². The summed E-state index contributed by atoms with van der Waals surface area (Å²) in [4.78, 5) is 11.7. The fourth-order valence-electron chi connectivity index (χ4n) is 1.47. The molecule has 0 radical (unpaired) electrons. The molecule has 2 aromatic carbocycles. The number of nitrogen functional groups attached to an aromatic ring is 1. The van der Waals surface area contributed by atoms with Crippen LogP contribution in [-0.4, -0.2) is 6.03 Å². The van der Waals surface area contributed by atoms with Crippen LogP contribution in [0.25, 0.3) is 0 Å². The number of carbonyl (C=O) groups is 1. The molecule has 2 rings (SSSR count). The smallest absolute Gasteiger partial charge is 0.323 e. The number of halogens is 2. The number of nitrogens with two attached hydrogens (primary N) is 1. The summed E-state index contributed by atoms with van der Waals surface area (Å²) < 4.78 is 13.3. The third-order valence-corrected chi connectivity index (χ3v) is 2.72. The molecule has 0 aliphatic carbocycles. The van der Waals surface area contributed by atoms with Crippen LogP contribution in [0.3, 0.4) is 0 Å². The second-order valence-electron chi connectivity index (χ2n) is 3.80. The standard InChI is InChI=1S/C13H11ClFN3O/c14-9-6-5-8(7-11(9)16)17-13(19)18-12-4-2-1-3-10(12)15/h1-7H,16H2,(H2,17,18,19). The van der Waals surface area contributed by atoms with Gasteiger partial charge >= 0.3 is 6.03 Å². The molecule has 19 heavy (non-hydrogen) atoms. The van der Waals surface area contributed by atoms with Crippen LogP contribution in [0.15, 0.2) is 42.5 Å². The Kier molecular flexibility index (Phi) is 3.87. The molecule has 4 nitrogen and oxygen atoms in total. The molecule has 0 saturated carbocycles. The van der Waals surface area contributed by atoms with E-state index in [1.165, 1.54) is 24.3 Å². The van der Waals surface area contributed by atoms with Crippen LogP contribution in [0.4, 0.5) is 26.2 Å². The van der Waals surface area contributed by atoms with Crippen molar-refractivity contribution in [2.75, 3.05) is 16.4 Å². The maximum absolute atomic E-state index is 13.3. The minimum Gasteiger partial charge on any atom is -0.397 e. The molecule has 2 aromatic rings. The lowest BCUT2D eigenvalue weighted by molar-refractivity contribution is 0.262. The SMILES string of the molecule is Nc1cc(NC(=O)Nc2ccccc2F)ccc1Cl. The Balaban J connectivity index is 2.05. The maximum atomic E-state index is 13.3. The number of amides is 2. The van der Waals surface area contributed by atoms with Crippen molar-refractivity contribution in [3.05, 3.63) is 53.3 Å². The van der Waals surface area contributed by atoms with E-state index >= 15 is 0 Å². The molecule has 0 aromatic heterocycles. The van der Waals surface area contributed by atoms with Gasteiger partial charge in [-0.15, -0.1) is 0 Å². The Morgan fingerprint density at radius 1 is 1.16 bits per heavy atom. The first-order valence-corrected chi connectivity index (χ1v) is 5.81. The summed E-state index contributed by atoms with van der Waals surface area (Å²) in [6.45, 7) is 0. The van der Waals surface area contributed by atoms with E-state index < -0.39 is 11.8 Å². The molecule has 0 fully saturated rings. The Bertz CT molecular complexity index is 619. The summed E-state index contributed by atoms with van der Waals surface area (Å²) in [5, 5.41) is 5.33. The van der Waals surface area contributed by atoms with Gasteiger partial charge in [-0.1, -0.05) is 23.7 Å². The van der Waals surface area contributed by atoms with Gasteiger partial charge in [0.2, 0.25) is 0 Å². The predicted octanol–water partition coefficient (Wildman–Crippen LogP) is 3.71. The summed E-state index contributed by atoms with van der Waals surface area (Å²) in [6, 6.07) is 10.0. The number of para-hydroxylation sites is 1. The highest BCUT2D eigenvalue weighted by atomic mass is 35.5. The first-order valence-electron chi connectivity index (χ1n) is 5.44. The number of urea groups is 1. The first kappa shape index (κ1) is 13.2. The summed E-state index contributed by atoms with van der Waals surface area (Å²) in [6.07, 6.45) is 0. The molecule has 0 unspecified atom stereocenters. The first-order chi connectivity index (χ1) is 9.06. The van der Waals surface area contributed by atoms with E-state index in [-0.39, 0.29) is 5.69 Å². The minimum atomic E-state index is -0.563. The molecule has 0 aliphatic heterocycles. The Hall–Kier alpha value is -2.27. The molecule has 0 saturated heterocycles. The van der Waals surface area contributed by atoms with Gasteiger partial charge < -0.3 is 16.4 Å². The van der Waals surface area contributed by atoms with Gasteiger partial charge in [-0.25, -0.2) is 9.18 Å². The van der Waals surface area contributed by atoms with Crippen LogP contribution in [0.5, 0.6) is 0 Å². The number of nitrogens with one attached hydrogen (secondary N) is 2. The lowest BCUT2D eigenvalue weighted by Crippen LogP contribution is -2.20. The molecular weight excluding hydrogens is 269 g/mol. The average Bonchev–Trinajstić information content (AvgIpc) is 2.37. The Labute approximate surface area is 114 Å². The van der Waals surface area contributed by atoms with Crippen molar-refractivity contribution in [1.29, 1.82) is 0 Å². The van der Waals surface area contributed by atoms with Crippen molar-refractivity contribution in [2.24, 2.45) is 0 Å². The molecule has 0 heterocycles. The highest BCUT2D eigenvalue weighted by molar-refractivity contribution is 6.33. The molecule has 2 amide bonds. The molecule has 98 valence electrons. The molecular formula is C13H11ClFN3O. The van der Waals surface area contributed by atoms with Crippen molar-refractivity contribution in [3.8, 4) is 0 Å². The van der Waals surface area contributed by atoms with E-state index in [0.29, 0.717) is 16.4 Å². The average molecular weight is 280 g/mol. The van der Waals surface area contributed by atoms with Crippen LogP contribution >= 0.6 is 11.6 Å². The van der Waals surface area contributed by atoms with Crippen molar-refractivity contribution in [2.45, 2.75) is 0 Å². The number of anilines is 3. The second-order valence-corrected chi connectivity index (χ2v) is 4.20. The van der Waals surface area contributed by atoms with Gasteiger partial charge in [0, 0.05) is 5.69 Å². The summed E-state index contributed by atoms with van der Waals surface area (Å²) in [5.74, 6) is -0.506. The zero-order valence-corrected chi connectivity index (χ0v) is 10.5. The van der Waals surface area contributed by atoms with Gasteiger partial charge in [0.15, 0.2) is 0 Å². The molecule has 4 N–H and O–H groups in total. The number of carbonyl (C=O) groups excluding carboxylic acids is 1. The van der Waals surface area contributed by atoms with Crippen molar-refractivity contribution >= 4 is 34.7 Å². The van der Waals surface area contributed by atoms with Crippen LogP contribution in [0, 0.1) is 5.82 Å². The highest BCUT2D eigenvalue weighted by Crippen LogP contribution is 2.22. The Morgan fingerprint density at radius 3 is 2.58 bits per heavy atom. The quantitative estimate of drug-likeness (QED) is 0.734. The number of hydrogen-bond acceptors (Lipinski definition) is 2. The van der Waals surface area contributed by atoms with E-state index in [1.807, 2.05) is 0 Å². The van der Waals surface area contributed by atoms with Gasteiger partial charge in [-0.3, -0.25) is 0 Å². The normalized spacial score (nSPS) is 10.0. The maximum Gasteiger partial charge on any atom is 0.323 e. The van der Waals surface area contributed by atoms with E-state index in [2.05, 4.69) is 10.6 Å². The van der Waals surface area contributed by atoms with Crippen molar-refractivity contribution < 1.29 is 9.18 Å². The molecule has 0 spiro atoms. The van der Waals surface area contributed by atoms with E-state index in [0.717, 1.165) is 0 Å². The molecule has 0 bridgehead atoms. The Morgan fingerprint density at radius 2 is 1.89 bits per heavy atom.